The molecule has 6 heteroatoms. The number of aliphatic imine (C=N–C) groups is 1. The first-order valence-electron chi connectivity index (χ1n) is 6.70. The van der Waals surface area contributed by atoms with E-state index in [0.717, 1.165) is 37.1 Å². The van der Waals surface area contributed by atoms with Crippen molar-refractivity contribution in [1.29, 1.82) is 0 Å². The molecule has 19 heavy (non-hydrogen) atoms. The second kappa shape index (κ2) is 8.53. The van der Waals surface area contributed by atoms with Crippen LogP contribution in [0.4, 0.5) is 0 Å². The molecule has 6 nitrogen and oxygen atoms in total. The topological polar surface area (TPSA) is 71.7 Å². The van der Waals surface area contributed by atoms with Crippen LogP contribution in [0.3, 0.4) is 0 Å². The van der Waals surface area contributed by atoms with E-state index >= 15 is 0 Å². The van der Waals surface area contributed by atoms with Crippen LogP contribution in [-0.2, 0) is 11.3 Å². The van der Waals surface area contributed by atoms with E-state index in [9.17, 15) is 0 Å². The summed E-state index contributed by atoms with van der Waals surface area (Å²) in [7, 11) is 0. The highest BCUT2D eigenvalue weighted by atomic mass is 16.5. The molecule has 1 aromatic rings. The zero-order chi connectivity index (χ0) is 14.1. The molecule has 0 spiro atoms. The molecule has 0 bridgehead atoms. The van der Waals surface area contributed by atoms with Crippen molar-refractivity contribution in [3.63, 3.8) is 0 Å². The minimum atomic E-state index is 0.429. The van der Waals surface area contributed by atoms with Crippen LogP contribution >= 0.6 is 0 Å². The number of hydrogen-bond acceptors (Lipinski definition) is 4. The van der Waals surface area contributed by atoms with E-state index in [4.69, 9.17) is 9.15 Å². The Morgan fingerprint density at radius 1 is 1.32 bits per heavy atom. The highest BCUT2D eigenvalue weighted by Crippen LogP contribution is 2.08. The van der Waals surface area contributed by atoms with Gasteiger partial charge in [0.05, 0.1) is 12.3 Å². The minimum absolute atomic E-state index is 0.429. The van der Waals surface area contributed by atoms with E-state index in [1.807, 2.05) is 27.7 Å². The molecule has 1 aromatic heterocycles. The van der Waals surface area contributed by atoms with Crippen molar-refractivity contribution >= 4 is 5.96 Å². The van der Waals surface area contributed by atoms with Crippen LogP contribution in [0.15, 0.2) is 9.41 Å². The molecule has 0 fully saturated rings. The number of aryl methyl sites for hydroxylation is 2. The fraction of sp³-hybridized carbons (Fsp3) is 0.692. The number of oxazole rings is 1. The van der Waals surface area contributed by atoms with Gasteiger partial charge in [-0.1, -0.05) is 0 Å². The maximum absolute atomic E-state index is 5.49. The number of guanidine groups is 1. The van der Waals surface area contributed by atoms with Gasteiger partial charge >= 0.3 is 0 Å². The smallest absolute Gasteiger partial charge is 0.216 e. The van der Waals surface area contributed by atoms with E-state index in [-0.39, 0.29) is 0 Å². The van der Waals surface area contributed by atoms with Crippen molar-refractivity contribution in [1.82, 2.24) is 15.6 Å². The third-order valence-electron chi connectivity index (χ3n) is 2.53. The van der Waals surface area contributed by atoms with Crippen molar-refractivity contribution in [2.45, 2.75) is 34.2 Å². The van der Waals surface area contributed by atoms with Gasteiger partial charge in [-0.05, 0) is 27.7 Å². The molecule has 0 atom stereocenters. The summed E-state index contributed by atoms with van der Waals surface area (Å²) in [5.74, 6) is 2.23. The van der Waals surface area contributed by atoms with Gasteiger partial charge in [-0.3, -0.25) is 0 Å². The lowest BCUT2D eigenvalue weighted by Gasteiger charge is -2.10. The Morgan fingerprint density at radius 3 is 2.68 bits per heavy atom. The second-order valence-corrected chi connectivity index (χ2v) is 4.07. The molecule has 0 aliphatic carbocycles. The molecule has 0 unspecified atom stereocenters. The number of hydrogen-bond donors (Lipinski definition) is 2. The van der Waals surface area contributed by atoms with Gasteiger partial charge in [-0.2, -0.15) is 0 Å². The fourth-order valence-electron chi connectivity index (χ4n) is 1.48. The lowest BCUT2D eigenvalue weighted by molar-refractivity contribution is 0.152. The van der Waals surface area contributed by atoms with Crippen molar-refractivity contribution < 1.29 is 9.15 Å². The third kappa shape index (κ3) is 5.74. The highest BCUT2D eigenvalue weighted by molar-refractivity contribution is 5.79. The van der Waals surface area contributed by atoms with Gasteiger partial charge in [0.15, 0.2) is 5.96 Å². The van der Waals surface area contributed by atoms with Crippen LogP contribution < -0.4 is 10.6 Å². The zero-order valence-corrected chi connectivity index (χ0v) is 12.2. The molecule has 0 aliphatic heterocycles. The number of nitrogens with one attached hydrogen (secondary N) is 2. The lowest BCUT2D eigenvalue weighted by atomic mass is 10.4. The predicted molar refractivity (Wildman–Crippen MR) is 75.3 cm³/mol. The number of nitrogens with zero attached hydrogens (tertiary/aromatic N) is 2. The Balaban J connectivity index is 2.47. The van der Waals surface area contributed by atoms with Crippen molar-refractivity contribution in [2.75, 3.05) is 26.3 Å². The monoisotopic (exact) mass is 268 g/mol. The molecule has 0 saturated heterocycles. The van der Waals surface area contributed by atoms with E-state index in [2.05, 4.69) is 20.6 Å². The first-order valence-corrected chi connectivity index (χ1v) is 6.70. The summed E-state index contributed by atoms with van der Waals surface area (Å²) in [5, 5.41) is 6.36. The first-order chi connectivity index (χ1) is 9.17. The average Bonchev–Trinajstić information content (AvgIpc) is 2.71. The summed E-state index contributed by atoms with van der Waals surface area (Å²) < 4.78 is 10.8. The number of aromatic nitrogens is 1. The maximum atomic E-state index is 5.49. The molecule has 2 N–H and O–H groups in total. The lowest BCUT2D eigenvalue weighted by Crippen LogP contribution is -2.39. The van der Waals surface area contributed by atoms with Crippen LogP contribution in [0.2, 0.25) is 0 Å². The molecule has 108 valence electrons. The molecule has 0 aliphatic rings. The van der Waals surface area contributed by atoms with Crippen molar-refractivity contribution in [3.8, 4) is 0 Å². The van der Waals surface area contributed by atoms with Crippen molar-refractivity contribution in [2.24, 2.45) is 4.99 Å². The largest absolute Gasteiger partial charge is 0.444 e. The van der Waals surface area contributed by atoms with Gasteiger partial charge in [0.1, 0.15) is 12.3 Å². The molecule has 0 aromatic carbocycles. The normalized spacial score (nSPS) is 11.7. The zero-order valence-electron chi connectivity index (χ0n) is 12.2. The van der Waals surface area contributed by atoms with Gasteiger partial charge in [0.25, 0.3) is 0 Å². The van der Waals surface area contributed by atoms with Crippen LogP contribution in [-0.4, -0.2) is 37.2 Å². The Morgan fingerprint density at radius 2 is 2.11 bits per heavy atom. The van der Waals surface area contributed by atoms with E-state index in [1.165, 1.54) is 0 Å². The van der Waals surface area contributed by atoms with Gasteiger partial charge in [0, 0.05) is 19.7 Å². The summed E-state index contributed by atoms with van der Waals surface area (Å²) in [6.07, 6.45) is 0. The summed E-state index contributed by atoms with van der Waals surface area (Å²) >= 11 is 0. The Labute approximate surface area is 114 Å². The van der Waals surface area contributed by atoms with Crippen LogP contribution in [0.25, 0.3) is 0 Å². The number of rotatable bonds is 7. The summed E-state index contributed by atoms with van der Waals surface area (Å²) in [6.45, 7) is 11.2. The SMILES string of the molecule is CCNC(=NCc1nc(C)c(C)o1)NCCOCC. The Hall–Kier alpha value is -1.56. The summed E-state index contributed by atoms with van der Waals surface area (Å²) in [4.78, 5) is 8.72. The molecule has 0 radical (unpaired) electrons. The van der Waals surface area contributed by atoms with Gasteiger partial charge in [-0.25, -0.2) is 9.98 Å². The minimum Gasteiger partial charge on any atom is -0.444 e. The second-order valence-electron chi connectivity index (χ2n) is 4.07. The quantitative estimate of drug-likeness (QED) is 0.444. The number of ether oxygens (including phenoxy) is 1. The Kier molecular flexibility index (Phi) is 6.95. The molecule has 0 amide bonds. The van der Waals surface area contributed by atoms with Gasteiger partial charge in [-0.15, -0.1) is 0 Å². The van der Waals surface area contributed by atoms with Crippen LogP contribution in [0.5, 0.6) is 0 Å². The Bertz CT molecular complexity index is 382. The standard InChI is InChI=1S/C13H24N4O2/c1-5-14-13(15-7-8-18-6-2)16-9-12-17-10(3)11(4)19-12/h5-9H2,1-4H3,(H2,14,15,16). The molecule has 1 rings (SSSR count). The van der Waals surface area contributed by atoms with E-state index in [0.29, 0.717) is 19.0 Å². The molecule has 0 saturated carbocycles. The van der Waals surface area contributed by atoms with Crippen LogP contribution in [0.1, 0.15) is 31.2 Å². The predicted octanol–water partition coefficient (Wildman–Crippen LogP) is 1.38. The van der Waals surface area contributed by atoms with Crippen LogP contribution in [0, 0.1) is 13.8 Å². The fourth-order valence-corrected chi connectivity index (χ4v) is 1.48. The summed E-state index contributed by atoms with van der Waals surface area (Å²) in [5.41, 5.74) is 0.916. The molecular weight excluding hydrogens is 244 g/mol. The molecule has 1 heterocycles. The van der Waals surface area contributed by atoms with E-state index < -0.39 is 0 Å². The molecular formula is C13H24N4O2. The maximum Gasteiger partial charge on any atom is 0.216 e. The average molecular weight is 268 g/mol. The third-order valence-corrected chi connectivity index (χ3v) is 2.53. The summed E-state index contributed by atoms with van der Waals surface area (Å²) in [6, 6.07) is 0. The van der Waals surface area contributed by atoms with Crippen molar-refractivity contribution in [3.05, 3.63) is 17.3 Å². The van der Waals surface area contributed by atoms with Gasteiger partial charge in [0.2, 0.25) is 5.89 Å². The van der Waals surface area contributed by atoms with E-state index in [1.54, 1.807) is 0 Å². The highest BCUT2D eigenvalue weighted by Gasteiger charge is 2.05. The van der Waals surface area contributed by atoms with Gasteiger partial charge < -0.3 is 19.8 Å². The first kappa shape index (κ1) is 15.5.